The second-order valence-corrected chi connectivity index (χ2v) is 16.6. The minimum atomic E-state index is -0.358. The third-order valence-electron chi connectivity index (χ3n) is 12.0. The summed E-state index contributed by atoms with van der Waals surface area (Å²) >= 11 is 7.06. The molecule has 3 aliphatic heterocycles. The van der Waals surface area contributed by atoms with Crippen molar-refractivity contribution in [1.82, 2.24) is 9.80 Å². The summed E-state index contributed by atoms with van der Waals surface area (Å²) in [5.41, 5.74) is 7.73. The molecule has 0 amide bonds. The highest BCUT2D eigenvalue weighted by atomic mass is 35.5. The van der Waals surface area contributed by atoms with Crippen LogP contribution in [0.25, 0.3) is 11.1 Å². The number of aliphatic hydroxyl groups excluding tert-OH is 1. The van der Waals surface area contributed by atoms with Gasteiger partial charge in [-0.15, -0.1) is 11.6 Å². The minimum absolute atomic E-state index is 0.0382. The van der Waals surface area contributed by atoms with Gasteiger partial charge in [-0.3, -0.25) is 14.8 Å². The fraction of sp³-hybridized carbons (Fsp3) is 0.545. The lowest BCUT2D eigenvalue weighted by atomic mass is 9.93. The van der Waals surface area contributed by atoms with E-state index >= 15 is 0 Å². The molecule has 3 heterocycles. The number of alkyl halides is 1. The number of β-amino-alcohol motifs (C(OH)–C–C–N with tert-alkyl or cyclic N) is 1. The second-order valence-electron chi connectivity index (χ2n) is 16.1. The summed E-state index contributed by atoms with van der Waals surface area (Å²) in [5, 5.41) is 19.1. The van der Waals surface area contributed by atoms with Gasteiger partial charge in [0.25, 0.3) is 0 Å². The molecule has 5 aliphatic rings. The summed E-state index contributed by atoms with van der Waals surface area (Å²) in [6.07, 6.45) is 14.7. The number of nitrogens with zero attached hydrogens (tertiary/aromatic N) is 4. The first-order valence-electron chi connectivity index (χ1n) is 19.6. The number of aliphatic hydroxyl groups is 1. The zero-order chi connectivity index (χ0) is 37.0. The van der Waals surface area contributed by atoms with Gasteiger partial charge in [0.1, 0.15) is 11.5 Å². The van der Waals surface area contributed by atoms with Gasteiger partial charge in [-0.25, -0.2) is 0 Å². The first-order valence-corrected chi connectivity index (χ1v) is 20.0. The smallest absolute Gasteiger partial charge is 0.122 e. The van der Waals surface area contributed by atoms with Gasteiger partial charge in [0.15, 0.2) is 0 Å². The monoisotopic (exact) mass is 738 g/mol. The molecule has 0 radical (unpaired) electrons. The Kier molecular flexibility index (Phi) is 12.1. The van der Waals surface area contributed by atoms with E-state index in [4.69, 9.17) is 25.8 Å². The summed E-state index contributed by atoms with van der Waals surface area (Å²) in [6.45, 7) is 12.8. The van der Waals surface area contributed by atoms with Crippen LogP contribution in [0.4, 0.5) is 0 Å². The zero-order valence-corrected chi connectivity index (χ0v) is 32.4. The zero-order valence-electron chi connectivity index (χ0n) is 31.6. The van der Waals surface area contributed by atoms with Crippen molar-refractivity contribution in [3.8, 4) is 22.9 Å². The van der Waals surface area contributed by atoms with E-state index in [9.17, 15) is 10.4 Å². The Labute approximate surface area is 320 Å². The Morgan fingerprint density at radius 2 is 1.83 bits per heavy atom. The third kappa shape index (κ3) is 9.27. The topological polar surface area (TPSA) is 90.5 Å². The van der Waals surface area contributed by atoms with Crippen LogP contribution < -0.4 is 4.74 Å². The van der Waals surface area contributed by atoms with Crippen LogP contribution in [0, 0.1) is 36.5 Å². The largest absolute Gasteiger partial charge is 0.493 e. The summed E-state index contributed by atoms with van der Waals surface area (Å²) in [6, 6.07) is 15.5. The van der Waals surface area contributed by atoms with E-state index in [0.29, 0.717) is 37.9 Å². The van der Waals surface area contributed by atoms with Crippen LogP contribution in [0.15, 0.2) is 76.6 Å². The van der Waals surface area contributed by atoms with Crippen molar-refractivity contribution in [2.45, 2.75) is 96.0 Å². The standard InChI is InChI=1S/C44H55ClN4O4/c1-30-8-4-5-16-49(30)24-36-19-40(45)43(20-42(36)51-26-34-18-33(21-46)22-47-23-34)52-27-35-9-6-10-38(31(35)2)39-11-7-12-41(32(39)3)53-29-44(14-15-44)28-48-17-13-37(50)25-48/h6-7,9-12,19-20,22-23,30,34,37,40,43,50H,4-5,8,13-18,24-29H2,1-3H3/t30-,34?,37-,40?,43?/m1/s1. The molecule has 2 aromatic rings. The van der Waals surface area contributed by atoms with Crippen LogP contribution in [0.3, 0.4) is 0 Å². The normalized spacial score (nSPS) is 27.1. The van der Waals surface area contributed by atoms with E-state index < -0.39 is 0 Å². The van der Waals surface area contributed by atoms with Crippen LogP contribution in [-0.2, 0) is 16.1 Å². The van der Waals surface area contributed by atoms with Crippen molar-refractivity contribution in [1.29, 1.82) is 5.26 Å². The third-order valence-corrected chi connectivity index (χ3v) is 12.3. The van der Waals surface area contributed by atoms with E-state index in [2.05, 4.69) is 90.2 Å². The number of likely N-dealkylation sites (tertiary alicyclic amines) is 2. The van der Waals surface area contributed by atoms with Crippen molar-refractivity contribution < 1.29 is 19.3 Å². The van der Waals surface area contributed by atoms with Crippen LogP contribution in [0.2, 0.25) is 0 Å². The molecule has 9 heteroatoms. The fourth-order valence-electron chi connectivity index (χ4n) is 8.32. The average molecular weight is 739 g/mol. The SMILES string of the molecule is Cc1c(COC2C=C(OCC3C=NC=C(C#N)C3)C(CN3CCCC[C@H]3C)=CC2Cl)cccc1-c1cccc(OCC2(CN3CC[C@@H](O)C3)CC2)c1C. The van der Waals surface area contributed by atoms with Crippen LogP contribution in [0.1, 0.15) is 68.6 Å². The molecule has 2 aromatic carbocycles. The van der Waals surface area contributed by atoms with Gasteiger partial charge in [0.2, 0.25) is 0 Å². The molecular formula is C44H55ClN4O4. The summed E-state index contributed by atoms with van der Waals surface area (Å²) < 4.78 is 19.6. The number of ether oxygens (including phenoxy) is 3. The molecule has 1 N–H and O–H groups in total. The molecule has 2 aliphatic carbocycles. The minimum Gasteiger partial charge on any atom is -0.493 e. The molecule has 8 nitrogen and oxygen atoms in total. The average Bonchev–Trinajstić information content (AvgIpc) is 3.81. The molecule has 3 fully saturated rings. The molecule has 3 unspecified atom stereocenters. The van der Waals surface area contributed by atoms with E-state index in [-0.39, 0.29) is 28.9 Å². The number of piperidine rings is 1. The second kappa shape index (κ2) is 16.9. The Hall–Kier alpha value is -3.45. The van der Waals surface area contributed by atoms with Crippen molar-refractivity contribution in [2.75, 3.05) is 45.9 Å². The first kappa shape index (κ1) is 37.8. The molecule has 2 saturated heterocycles. The Balaban J connectivity index is 1.03. The van der Waals surface area contributed by atoms with Crippen molar-refractivity contribution in [2.24, 2.45) is 16.3 Å². The molecule has 0 bridgehead atoms. The number of rotatable bonds is 14. The van der Waals surface area contributed by atoms with Gasteiger partial charge in [-0.05, 0) is 106 Å². The highest BCUT2D eigenvalue weighted by Gasteiger charge is 2.45. The number of hydrogen-bond acceptors (Lipinski definition) is 8. The van der Waals surface area contributed by atoms with E-state index in [1.807, 2.05) is 6.21 Å². The summed E-state index contributed by atoms with van der Waals surface area (Å²) in [4.78, 5) is 9.20. The van der Waals surface area contributed by atoms with E-state index in [0.717, 1.165) is 72.9 Å². The highest BCUT2D eigenvalue weighted by molar-refractivity contribution is 6.22. The predicted molar refractivity (Wildman–Crippen MR) is 211 cm³/mol. The number of halogens is 1. The molecule has 5 atom stereocenters. The van der Waals surface area contributed by atoms with Gasteiger partial charge < -0.3 is 19.3 Å². The molecular weight excluding hydrogens is 684 g/mol. The van der Waals surface area contributed by atoms with Gasteiger partial charge in [-0.1, -0.05) is 42.8 Å². The van der Waals surface area contributed by atoms with Gasteiger partial charge in [0.05, 0.1) is 43.5 Å². The number of benzene rings is 2. The number of aliphatic imine (C=N–C) groups is 1. The Morgan fingerprint density at radius 1 is 1.02 bits per heavy atom. The first-order chi connectivity index (χ1) is 25.7. The number of nitriles is 1. The lowest BCUT2D eigenvalue weighted by molar-refractivity contribution is 0.0682. The maximum atomic E-state index is 10.00. The maximum absolute atomic E-state index is 10.00. The van der Waals surface area contributed by atoms with Gasteiger partial charge in [-0.2, -0.15) is 5.26 Å². The molecule has 0 aromatic heterocycles. The Morgan fingerprint density at radius 3 is 2.58 bits per heavy atom. The maximum Gasteiger partial charge on any atom is 0.122 e. The van der Waals surface area contributed by atoms with Gasteiger partial charge in [0, 0.05) is 67.1 Å². The van der Waals surface area contributed by atoms with Crippen molar-refractivity contribution >= 4 is 17.8 Å². The Bertz CT molecular complexity index is 1790. The number of hydrogen-bond donors (Lipinski definition) is 1. The lowest BCUT2D eigenvalue weighted by Gasteiger charge is -2.36. The van der Waals surface area contributed by atoms with E-state index in [1.54, 1.807) is 6.20 Å². The van der Waals surface area contributed by atoms with Crippen LogP contribution in [-0.4, -0.2) is 90.7 Å². The number of allylic oxidation sites excluding steroid dienone is 1. The summed E-state index contributed by atoms with van der Waals surface area (Å²) in [7, 11) is 0. The quantitative estimate of drug-likeness (QED) is 0.197. The van der Waals surface area contributed by atoms with Crippen LogP contribution in [0.5, 0.6) is 5.75 Å². The lowest BCUT2D eigenvalue weighted by Crippen LogP contribution is -2.40. The van der Waals surface area contributed by atoms with Crippen molar-refractivity contribution in [3.05, 3.63) is 88.3 Å². The van der Waals surface area contributed by atoms with Crippen molar-refractivity contribution in [3.63, 3.8) is 0 Å². The van der Waals surface area contributed by atoms with Gasteiger partial charge >= 0.3 is 0 Å². The fourth-order valence-corrected chi connectivity index (χ4v) is 8.62. The highest BCUT2D eigenvalue weighted by Crippen LogP contribution is 2.47. The van der Waals surface area contributed by atoms with E-state index in [1.165, 1.54) is 43.2 Å². The molecule has 0 spiro atoms. The molecule has 1 saturated carbocycles. The molecule has 7 rings (SSSR count). The molecule has 53 heavy (non-hydrogen) atoms. The molecule has 282 valence electrons. The predicted octanol–water partition coefficient (Wildman–Crippen LogP) is 7.90. The summed E-state index contributed by atoms with van der Waals surface area (Å²) in [5.74, 6) is 1.79. The van der Waals surface area contributed by atoms with Crippen LogP contribution >= 0.6 is 11.6 Å².